The predicted molar refractivity (Wildman–Crippen MR) is 93.7 cm³/mol. The van der Waals surface area contributed by atoms with E-state index in [9.17, 15) is 10.2 Å². The molecule has 0 aliphatic rings. The second-order valence-electron chi connectivity index (χ2n) is 4.94. The van der Waals surface area contributed by atoms with Crippen LogP contribution in [0.2, 0.25) is 0 Å². The topological polar surface area (TPSA) is 89.2 Å². The van der Waals surface area contributed by atoms with Gasteiger partial charge in [0.25, 0.3) is 0 Å². The van der Waals surface area contributed by atoms with Gasteiger partial charge >= 0.3 is 0 Å². The van der Waals surface area contributed by atoms with Gasteiger partial charge in [-0.25, -0.2) is 0 Å². The molecule has 0 fully saturated rings. The van der Waals surface area contributed by atoms with Gasteiger partial charge in [-0.15, -0.1) is 0 Å². The quantitative estimate of drug-likeness (QED) is 0.466. The third-order valence-electron chi connectivity index (χ3n) is 3.01. The molecule has 0 aromatic heterocycles. The Kier molecular flexibility index (Phi) is 6.28. The van der Waals surface area contributed by atoms with Crippen LogP contribution in [0, 0.1) is 0 Å². The second-order valence-corrected chi connectivity index (χ2v) is 4.94. The lowest BCUT2D eigenvalue weighted by atomic mass is 10.1. The summed E-state index contributed by atoms with van der Waals surface area (Å²) in [4.78, 5) is 0. The molecule has 0 unspecified atom stereocenters. The van der Waals surface area contributed by atoms with Crippen LogP contribution in [0.15, 0.2) is 70.9 Å². The molecule has 6 heteroatoms. The molecule has 0 amide bonds. The van der Waals surface area contributed by atoms with E-state index < -0.39 is 12.2 Å². The number of hydrazone groups is 2. The Bertz CT molecular complexity index is 642. The van der Waals surface area contributed by atoms with Crippen LogP contribution in [-0.4, -0.2) is 34.3 Å². The van der Waals surface area contributed by atoms with Gasteiger partial charge in [0.2, 0.25) is 0 Å². The molecule has 4 N–H and O–H groups in total. The van der Waals surface area contributed by atoms with Crippen molar-refractivity contribution in [2.45, 2.75) is 19.1 Å². The van der Waals surface area contributed by atoms with Crippen molar-refractivity contribution < 1.29 is 10.2 Å². The monoisotopic (exact) mass is 312 g/mol. The number of para-hydroxylation sites is 2. The third kappa shape index (κ3) is 5.54. The molecule has 0 aliphatic carbocycles. The highest BCUT2D eigenvalue weighted by Gasteiger charge is 2.17. The minimum atomic E-state index is -1.15. The van der Waals surface area contributed by atoms with Crippen molar-refractivity contribution in [3.8, 4) is 0 Å². The number of nitrogens with zero attached hydrogens (tertiary/aromatic N) is 2. The Balaban J connectivity index is 2.07. The lowest BCUT2D eigenvalue weighted by Gasteiger charge is -2.13. The largest absolute Gasteiger partial charge is 0.390 e. The molecule has 120 valence electrons. The minimum absolute atomic E-state index is 0.215. The number of benzene rings is 2. The van der Waals surface area contributed by atoms with Crippen LogP contribution in [0.1, 0.15) is 6.92 Å². The van der Waals surface area contributed by atoms with Crippen molar-refractivity contribution in [3.63, 3.8) is 0 Å². The van der Waals surface area contributed by atoms with E-state index in [0.29, 0.717) is 0 Å². The highest BCUT2D eigenvalue weighted by atomic mass is 16.3. The normalized spacial score (nSPS) is 14.5. The van der Waals surface area contributed by atoms with Crippen molar-refractivity contribution in [1.29, 1.82) is 0 Å². The first-order valence-corrected chi connectivity index (χ1v) is 7.25. The number of aliphatic hydroxyl groups is 2. The molecule has 0 bridgehead atoms. The number of aliphatic hydroxyl groups excluding tert-OH is 2. The van der Waals surface area contributed by atoms with Crippen LogP contribution < -0.4 is 10.9 Å². The number of anilines is 2. The fraction of sp³-hybridized carbons (Fsp3) is 0.176. The van der Waals surface area contributed by atoms with Gasteiger partial charge in [0, 0.05) is 0 Å². The van der Waals surface area contributed by atoms with E-state index in [0.717, 1.165) is 11.4 Å². The maximum Gasteiger partial charge on any atom is 0.125 e. The van der Waals surface area contributed by atoms with Gasteiger partial charge < -0.3 is 10.2 Å². The molecule has 6 nitrogen and oxygen atoms in total. The highest BCUT2D eigenvalue weighted by Crippen LogP contribution is 2.06. The summed E-state index contributed by atoms with van der Waals surface area (Å²) in [7, 11) is 0. The van der Waals surface area contributed by atoms with Gasteiger partial charge in [0.15, 0.2) is 0 Å². The van der Waals surface area contributed by atoms with Crippen LogP contribution in [0.25, 0.3) is 0 Å². The minimum Gasteiger partial charge on any atom is -0.390 e. The van der Waals surface area contributed by atoms with Gasteiger partial charge in [0.1, 0.15) is 11.8 Å². The van der Waals surface area contributed by atoms with Crippen LogP contribution >= 0.6 is 0 Å². The summed E-state index contributed by atoms with van der Waals surface area (Å²) >= 11 is 0. The smallest absolute Gasteiger partial charge is 0.125 e. The number of hydrogen-bond acceptors (Lipinski definition) is 6. The summed E-state index contributed by atoms with van der Waals surface area (Å²) in [6.45, 7) is 1.49. The van der Waals surface area contributed by atoms with E-state index in [-0.39, 0.29) is 5.71 Å². The first kappa shape index (κ1) is 16.7. The summed E-state index contributed by atoms with van der Waals surface area (Å²) < 4.78 is 0. The Hall–Kier alpha value is -2.70. The van der Waals surface area contributed by atoms with Crippen molar-refractivity contribution in [1.82, 2.24) is 0 Å². The molecule has 0 radical (unpaired) electrons. The van der Waals surface area contributed by atoms with Gasteiger partial charge in [-0.3, -0.25) is 10.9 Å². The van der Waals surface area contributed by atoms with E-state index in [1.54, 1.807) is 0 Å². The highest BCUT2D eigenvalue weighted by molar-refractivity contribution is 6.33. The van der Waals surface area contributed by atoms with Crippen LogP contribution in [0.4, 0.5) is 11.4 Å². The van der Waals surface area contributed by atoms with E-state index in [4.69, 9.17) is 0 Å². The molecule has 2 aromatic rings. The summed E-state index contributed by atoms with van der Waals surface area (Å²) in [5.41, 5.74) is 7.46. The molecule has 0 saturated heterocycles. The predicted octanol–water partition coefficient (Wildman–Crippen LogP) is 2.29. The van der Waals surface area contributed by atoms with E-state index in [1.807, 2.05) is 60.7 Å². The maximum absolute atomic E-state index is 10.0. The maximum atomic E-state index is 10.0. The number of hydrogen-bond donors (Lipinski definition) is 4. The van der Waals surface area contributed by atoms with Crippen molar-refractivity contribution in [3.05, 3.63) is 60.7 Å². The summed E-state index contributed by atoms with van der Waals surface area (Å²) in [6, 6.07) is 18.7. The summed E-state index contributed by atoms with van der Waals surface area (Å²) in [5.74, 6) is 0. The van der Waals surface area contributed by atoms with Crippen molar-refractivity contribution in [2.75, 3.05) is 10.9 Å². The Morgan fingerprint density at radius 2 is 1.43 bits per heavy atom. The Morgan fingerprint density at radius 3 is 1.96 bits per heavy atom. The van der Waals surface area contributed by atoms with Crippen LogP contribution in [0.5, 0.6) is 0 Å². The molecular weight excluding hydrogens is 292 g/mol. The second kappa shape index (κ2) is 8.67. The number of nitrogens with one attached hydrogen (secondary N) is 2. The molecule has 0 spiro atoms. The molecule has 23 heavy (non-hydrogen) atoms. The zero-order valence-electron chi connectivity index (χ0n) is 12.8. The Labute approximate surface area is 135 Å². The fourth-order valence-corrected chi connectivity index (χ4v) is 1.75. The molecule has 0 aliphatic heterocycles. The SMILES string of the molecule is C[C@H](O)[C@H](O)C(C=NNc1ccccc1)=NNc1ccccc1. The average Bonchev–Trinajstić information content (AvgIpc) is 2.59. The molecule has 0 saturated carbocycles. The standard InChI is InChI=1S/C17H20N4O2/c1-13(22)17(23)16(21-20-15-10-6-3-7-11-15)12-18-19-14-8-4-2-5-9-14/h2-13,17,19-20,22-23H,1H3/t13-,17-/m0/s1. The third-order valence-corrected chi connectivity index (χ3v) is 3.01. The summed E-state index contributed by atoms with van der Waals surface area (Å²) in [6.07, 6.45) is -0.734. The van der Waals surface area contributed by atoms with E-state index in [1.165, 1.54) is 13.1 Å². The van der Waals surface area contributed by atoms with Crippen LogP contribution in [0.3, 0.4) is 0 Å². The van der Waals surface area contributed by atoms with Gasteiger partial charge in [0.05, 0.1) is 23.7 Å². The lowest BCUT2D eigenvalue weighted by molar-refractivity contribution is 0.0749. The van der Waals surface area contributed by atoms with Crippen molar-refractivity contribution in [2.24, 2.45) is 10.2 Å². The van der Waals surface area contributed by atoms with E-state index >= 15 is 0 Å². The van der Waals surface area contributed by atoms with Gasteiger partial charge in [-0.2, -0.15) is 10.2 Å². The zero-order chi connectivity index (χ0) is 16.5. The lowest BCUT2D eigenvalue weighted by Crippen LogP contribution is -2.33. The first-order chi connectivity index (χ1) is 11.2. The molecule has 2 atom stereocenters. The zero-order valence-corrected chi connectivity index (χ0v) is 12.8. The molecule has 2 rings (SSSR count). The summed E-state index contributed by atoms with van der Waals surface area (Å²) in [5, 5.41) is 27.7. The Morgan fingerprint density at radius 1 is 0.913 bits per heavy atom. The number of rotatable bonds is 7. The fourth-order valence-electron chi connectivity index (χ4n) is 1.75. The van der Waals surface area contributed by atoms with Gasteiger partial charge in [-0.05, 0) is 31.2 Å². The van der Waals surface area contributed by atoms with Gasteiger partial charge in [-0.1, -0.05) is 36.4 Å². The van der Waals surface area contributed by atoms with E-state index in [2.05, 4.69) is 21.1 Å². The molecular formula is C17H20N4O2. The van der Waals surface area contributed by atoms with Crippen molar-refractivity contribution >= 4 is 23.3 Å². The molecule has 0 heterocycles. The average molecular weight is 312 g/mol. The van der Waals surface area contributed by atoms with Crippen LogP contribution in [-0.2, 0) is 0 Å². The molecule has 2 aromatic carbocycles. The first-order valence-electron chi connectivity index (χ1n) is 7.25.